The van der Waals surface area contributed by atoms with Gasteiger partial charge >= 0.3 is 0 Å². The Morgan fingerprint density at radius 2 is 1.41 bits per heavy atom. The van der Waals surface area contributed by atoms with Crippen LogP contribution >= 0.6 is 0 Å². The lowest BCUT2D eigenvalue weighted by atomic mass is 9.64. The second kappa shape index (κ2) is 8.97. The second-order valence-corrected chi connectivity index (χ2v) is 7.92. The van der Waals surface area contributed by atoms with Crippen LogP contribution in [0.3, 0.4) is 0 Å². The molecule has 1 aliphatic rings. The summed E-state index contributed by atoms with van der Waals surface area (Å²) in [5.74, 6) is -0.779. The minimum absolute atomic E-state index is 0.240. The average Bonchev–Trinajstić information content (AvgIpc) is 3.09. The average molecular weight is 461 g/mol. The van der Waals surface area contributed by atoms with Crippen molar-refractivity contribution >= 4 is 11.6 Å². The van der Waals surface area contributed by atoms with Crippen LogP contribution in [-0.2, 0) is 5.41 Å². The fourth-order valence-corrected chi connectivity index (χ4v) is 4.75. The molecule has 3 aromatic rings. The molecule has 0 saturated heterocycles. The Balaban J connectivity index is 2.04. The monoisotopic (exact) mass is 461 g/mol. The first kappa shape index (κ1) is 23.0. The van der Waals surface area contributed by atoms with Crippen LogP contribution in [0, 0.1) is 10.1 Å². The van der Waals surface area contributed by atoms with Gasteiger partial charge in [-0.3, -0.25) is 19.7 Å². The molecule has 1 atom stereocenters. The van der Waals surface area contributed by atoms with Crippen LogP contribution in [0.1, 0.15) is 37.8 Å². The maximum absolute atomic E-state index is 14.1. The highest BCUT2D eigenvalue weighted by Crippen LogP contribution is 2.50. The van der Waals surface area contributed by atoms with Crippen molar-refractivity contribution in [1.82, 2.24) is 0 Å². The van der Waals surface area contributed by atoms with Gasteiger partial charge in [-0.05, 0) is 35.4 Å². The third-order valence-corrected chi connectivity index (χ3v) is 6.34. The minimum Gasteiger partial charge on any atom is -0.497 e. The van der Waals surface area contributed by atoms with Crippen molar-refractivity contribution in [2.75, 3.05) is 27.9 Å². The van der Waals surface area contributed by atoms with Crippen molar-refractivity contribution in [3.05, 3.63) is 99.1 Å². The SMILES string of the molecule is COc1ccc([C@H](C[N+](=O)[O-])C2(c3ccc(OC)c(OC)c3)C(=O)c3ccccc3C2=O)cc1. The van der Waals surface area contributed by atoms with Crippen molar-refractivity contribution < 1.29 is 28.7 Å². The first-order valence-corrected chi connectivity index (χ1v) is 10.5. The topological polar surface area (TPSA) is 105 Å². The Labute approximate surface area is 196 Å². The molecule has 0 aromatic heterocycles. The molecule has 0 heterocycles. The predicted octanol–water partition coefficient (Wildman–Crippen LogP) is 4.09. The van der Waals surface area contributed by atoms with Gasteiger partial charge in [0.25, 0.3) is 0 Å². The van der Waals surface area contributed by atoms with E-state index in [1.807, 2.05) is 0 Å². The van der Waals surface area contributed by atoms with E-state index in [1.165, 1.54) is 21.3 Å². The molecule has 0 fully saturated rings. The molecule has 0 N–H and O–H groups in total. The molecule has 0 spiro atoms. The number of nitrogens with zero attached hydrogens (tertiary/aromatic N) is 1. The third-order valence-electron chi connectivity index (χ3n) is 6.34. The summed E-state index contributed by atoms with van der Waals surface area (Å²) in [7, 11) is 4.43. The lowest BCUT2D eigenvalue weighted by molar-refractivity contribution is -0.484. The molecule has 34 heavy (non-hydrogen) atoms. The lowest BCUT2D eigenvalue weighted by Gasteiger charge is -2.33. The van der Waals surface area contributed by atoms with E-state index >= 15 is 0 Å². The molecule has 0 unspecified atom stereocenters. The summed E-state index contributed by atoms with van der Waals surface area (Å²) in [4.78, 5) is 39.5. The van der Waals surface area contributed by atoms with Crippen LogP contribution in [0.2, 0.25) is 0 Å². The van der Waals surface area contributed by atoms with Gasteiger partial charge in [0.2, 0.25) is 6.54 Å². The molecule has 174 valence electrons. The lowest BCUT2D eigenvalue weighted by Crippen LogP contribution is -2.46. The maximum Gasteiger partial charge on any atom is 0.212 e. The van der Waals surface area contributed by atoms with E-state index in [9.17, 15) is 19.7 Å². The number of carbonyl (C=O) groups is 2. The van der Waals surface area contributed by atoms with Gasteiger partial charge in [-0.2, -0.15) is 0 Å². The summed E-state index contributed by atoms with van der Waals surface area (Å²) >= 11 is 0. The van der Waals surface area contributed by atoms with Crippen molar-refractivity contribution in [3.63, 3.8) is 0 Å². The highest BCUT2D eigenvalue weighted by Gasteiger charge is 2.60. The second-order valence-electron chi connectivity index (χ2n) is 7.92. The maximum atomic E-state index is 14.1. The van der Waals surface area contributed by atoms with Gasteiger partial charge in [-0.25, -0.2) is 0 Å². The van der Waals surface area contributed by atoms with E-state index in [2.05, 4.69) is 0 Å². The zero-order valence-electron chi connectivity index (χ0n) is 18.9. The Hall–Kier alpha value is -4.20. The van der Waals surface area contributed by atoms with Gasteiger partial charge in [0.1, 0.15) is 11.2 Å². The number of hydrogen-bond donors (Lipinski definition) is 0. The van der Waals surface area contributed by atoms with Crippen LogP contribution in [0.25, 0.3) is 0 Å². The largest absolute Gasteiger partial charge is 0.497 e. The van der Waals surface area contributed by atoms with Gasteiger partial charge < -0.3 is 14.2 Å². The van der Waals surface area contributed by atoms with E-state index < -0.39 is 34.4 Å². The van der Waals surface area contributed by atoms with E-state index in [-0.39, 0.29) is 11.1 Å². The zero-order chi connectivity index (χ0) is 24.5. The fraction of sp³-hybridized carbons (Fsp3) is 0.231. The molecule has 0 aliphatic heterocycles. The molecule has 1 aliphatic carbocycles. The predicted molar refractivity (Wildman–Crippen MR) is 124 cm³/mol. The van der Waals surface area contributed by atoms with Crippen molar-refractivity contribution in [1.29, 1.82) is 0 Å². The Bertz CT molecular complexity index is 1230. The number of rotatable bonds is 8. The smallest absolute Gasteiger partial charge is 0.212 e. The minimum atomic E-state index is -1.86. The van der Waals surface area contributed by atoms with E-state index in [4.69, 9.17) is 14.2 Å². The molecule has 4 rings (SSSR count). The van der Waals surface area contributed by atoms with E-state index in [0.29, 0.717) is 28.4 Å². The Kier molecular flexibility index (Phi) is 6.06. The van der Waals surface area contributed by atoms with Crippen LogP contribution in [-0.4, -0.2) is 44.4 Å². The van der Waals surface area contributed by atoms with Gasteiger partial charge in [0.15, 0.2) is 23.1 Å². The quantitative estimate of drug-likeness (QED) is 0.283. The fourth-order valence-electron chi connectivity index (χ4n) is 4.75. The van der Waals surface area contributed by atoms with Gasteiger partial charge in [-0.15, -0.1) is 0 Å². The summed E-state index contributed by atoms with van der Waals surface area (Å²) in [5, 5.41) is 11.9. The Morgan fingerprint density at radius 1 is 0.824 bits per heavy atom. The molecule has 0 radical (unpaired) electrons. The first-order chi connectivity index (χ1) is 16.4. The normalized spacial score (nSPS) is 14.9. The van der Waals surface area contributed by atoms with E-state index in [1.54, 1.807) is 66.7 Å². The van der Waals surface area contributed by atoms with Crippen LogP contribution < -0.4 is 14.2 Å². The number of ketones is 2. The number of benzene rings is 3. The molecular formula is C26H23NO7. The molecule has 0 saturated carbocycles. The number of carbonyl (C=O) groups excluding carboxylic acids is 2. The molecule has 8 heteroatoms. The van der Waals surface area contributed by atoms with Crippen molar-refractivity contribution in [3.8, 4) is 17.2 Å². The third kappa shape index (κ3) is 3.48. The standard InChI is InChI=1S/C26H23NO7/c1-32-18-11-8-16(9-12-18)21(15-27(30)31)26(17-10-13-22(33-2)23(14-17)34-3)24(28)19-6-4-5-7-20(19)25(26)29/h4-14,21H,15H2,1-3H3/t21-/m0/s1. The number of methoxy groups -OCH3 is 3. The molecule has 8 nitrogen and oxygen atoms in total. The summed E-state index contributed by atoms with van der Waals surface area (Å²) in [6, 6.07) is 17.9. The van der Waals surface area contributed by atoms with Crippen LogP contribution in [0.5, 0.6) is 17.2 Å². The Morgan fingerprint density at radius 3 is 1.91 bits per heavy atom. The highest BCUT2D eigenvalue weighted by molar-refractivity contribution is 6.33. The number of hydrogen-bond acceptors (Lipinski definition) is 7. The summed E-state index contributed by atoms with van der Waals surface area (Å²) < 4.78 is 16.0. The number of Topliss-reactive ketones (excluding diaryl/α,β-unsaturated/α-hetero) is 2. The summed E-state index contributed by atoms with van der Waals surface area (Å²) in [6.45, 7) is -0.633. The summed E-state index contributed by atoms with van der Waals surface area (Å²) in [6.07, 6.45) is 0. The van der Waals surface area contributed by atoms with Gasteiger partial charge in [0.05, 0.1) is 27.2 Å². The van der Waals surface area contributed by atoms with Crippen LogP contribution in [0.4, 0.5) is 0 Å². The summed E-state index contributed by atoms with van der Waals surface area (Å²) in [5.41, 5.74) is -0.598. The number of ether oxygens (including phenoxy) is 3. The highest BCUT2D eigenvalue weighted by atomic mass is 16.6. The number of fused-ring (bicyclic) bond motifs is 1. The van der Waals surface area contributed by atoms with Crippen molar-refractivity contribution in [2.24, 2.45) is 0 Å². The van der Waals surface area contributed by atoms with E-state index in [0.717, 1.165) is 0 Å². The first-order valence-electron chi connectivity index (χ1n) is 10.5. The molecule has 0 amide bonds. The molecule has 0 bridgehead atoms. The van der Waals surface area contributed by atoms with Gasteiger partial charge in [0, 0.05) is 16.1 Å². The molecule has 3 aromatic carbocycles. The zero-order valence-corrected chi connectivity index (χ0v) is 18.9. The number of nitro groups is 1. The van der Waals surface area contributed by atoms with Gasteiger partial charge in [-0.1, -0.05) is 42.5 Å². The van der Waals surface area contributed by atoms with Crippen molar-refractivity contribution in [2.45, 2.75) is 11.3 Å². The molecular weight excluding hydrogens is 438 g/mol. The van der Waals surface area contributed by atoms with Crippen LogP contribution in [0.15, 0.2) is 66.7 Å².